The highest BCUT2D eigenvalue weighted by atomic mass is 32.1. The lowest BCUT2D eigenvalue weighted by atomic mass is 9.86. The van der Waals surface area contributed by atoms with Gasteiger partial charge in [0.05, 0.1) is 31.0 Å². The zero-order chi connectivity index (χ0) is 38.6. The summed E-state index contributed by atoms with van der Waals surface area (Å²) in [4.78, 5) is 61.0. The highest BCUT2D eigenvalue weighted by Crippen LogP contribution is 2.24. The summed E-state index contributed by atoms with van der Waals surface area (Å²) in [6.07, 6.45) is -0.829. The zero-order valence-corrected chi connectivity index (χ0v) is 32.7. The first-order valence-corrected chi connectivity index (χ1v) is 19.0. The average Bonchev–Trinajstić information content (AvgIpc) is 3.67. The Hall–Kier alpha value is -3.79. The number of thiazole rings is 1. The molecule has 0 aliphatic carbocycles. The van der Waals surface area contributed by atoms with Gasteiger partial charge in [0.25, 0.3) is 5.91 Å². The van der Waals surface area contributed by atoms with Crippen LogP contribution in [0.3, 0.4) is 0 Å². The quantitative estimate of drug-likeness (QED) is 0.125. The number of nitrogens with one attached hydrogen (secondary N) is 3. The van der Waals surface area contributed by atoms with E-state index >= 15 is 0 Å². The number of aliphatic hydroxyl groups excluding tert-OH is 1. The van der Waals surface area contributed by atoms with Crippen LogP contribution in [0.15, 0.2) is 35.7 Å². The molecule has 5 atom stereocenters. The number of carbonyl (C=O) groups is 4. The van der Waals surface area contributed by atoms with Crippen LogP contribution in [0.4, 0.5) is 9.59 Å². The third-order valence-electron chi connectivity index (χ3n) is 9.27. The van der Waals surface area contributed by atoms with Crippen molar-refractivity contribution in [1.29, 1.82) is 0 Å². The Bertz CT molecular complexity index is 1450. The van der Waals surface area contributed by atoms with Gasteiger partial charge in [0.15, 0.2) is 0 Å². The van der Waals surface area contributed by atoms with Crippen LogP contribution in [-0.4, -0.2) is 111 Å². The first-order chi connectivity index (χ1) is 24.5. The van der Waals surface area contributed by atoms with Gasteiger partial charge in [-0.1, -0.05) is 85.2 Å². The summed E-state index contributed by atoms with van der Waals surface area (Å²) in [5.41, 5.74) is 3.78. The van der Waals surface area contributed by atoms with E-state index in [0.29, 0.717) is 52.0 Å². The molecule has 0 bridgehead atoms. The van der Waals surface area contributed by atoms with Gasteiger partial charge in [-0.2, -0.15) is 0 Å². The van der Waals surface area contributed by atoms with Gasteiger partial charge in [-0.3, -0.25) is 15.0 Å². The van der Waals surface area contributed by atoms with Crippen LogP contribution in [0.25, 0.3) is 0 Å². The van der Waals surface area contributed by atoms with E-state index in [-0.39, 0.29) is 30.3 Å². The van der Waals surface area contributed by atoms with Crippen LogP contribution in [-0.2, 0) is 33.9 Å². The van der Waals surface area contributed by atoms with E-state index in [2.05, 4.69) is 21.0 Å². The van der Waals surface area contributed by atoms with Crippen molar-refractivity contribution in [3.05, 3.63) is 52.0 Å². The number of aromatic nitrogens is 1. The number of hydrogen-bond donors (Lipinski definition) is 5. The van der Waals surface area contributed by atoms with Crippen LogP contribution in [0.2, 0.25) is 0 Å². The SMILES string of the molecule is CC[C@H](C)[C@@H](C(=O)N[C@@H](Cc1ccccc1)[C@@H](O)CN(CCC(C)C)NC(=O)[C@@H](NC(=O)O)C(C)(C)C)N1CCN(Cc2csc(COC)n2)C1=O. The van der Waals surface area contributed by atoms with Gasteiger partial charge < -0.3 is 35.4 Å². The first-order valence-electron chi connectivity index (χ1n) is 18.1. The van der Waals surface area contributed by atoms with Crippen molar-refractivity contribution < 1.29 is 34.1 Å². The van der Waals surface area contributed by atoms with E-state index in [0.717, 1.165) is 16.3 Å². The van der Waals surface area contributed by atoms with Crippen molar-refractivity contribution in [2.75, 3.05) is 33.3 Å². The molecule has 1 fully saturated rings. The molecule has 1 aliphatic heterocycles. The third kappa shape index (κ3) is 12.7. The Kier molecular flexibility index (Phi) is 16.3. The lowest BCUT2D eigenvalue weighted by molar-refractivity contribution is -0.132. The maximum atomic E-state index is 14.3. The second-order valence-corrected chi connectivity index (χ2v) is 16.1. The molecule has 15 heteroatoms. The number of nitrogens with zero attached hydrogens (tertiary/aromatic N) is 4. The molecule has 1 saturated heterocycles. The minimum Gasteiger partial charge on any atom is -0.465 e. The molecule has 3 rings (SSSR count). The smallest absolute Gasteiger partial charge is 0.405 e. The number of urea groups is 1. The van der Waals surface area contributed by atoms with Crippen LogP contribution in [0, 0.1) is 17.3 Å². The standard InChI is InChI=1S/C37H59N7O7S/c1-9-25(4)31(44-18-17-42(36(44)50)20-27-23-52-30(38-27)22-51-8)33(46)39-28(19-26-13-11-10-12-14-26)29(45)21-43(16-15-24(2)3)41-34(47)32(37(5,6)7)40-35(48)49/h10-14,23-25,28-29,31-32,40,45H,9,15-22H2,1-8H3,(H,39,46)(H,41,47)(H,48,49)/t25-,28-,29-,31-,32+/m0/s1. The molecule has 1 aromatic carbocycles. The molecule has 0 saturated carbocycles. The lowest BCUT2D eigenvalue weighted by Crippen LogP contribution is -2.60. The lowest BCUT2D eigenvalue weighted by Gasteiger charge is -2.36. The van der Waals surface area contributed by atoms with Crippen molar-refractivity contribution in [3.63, 3.8) is 0 Å². The minimum absolute atomic E-state index is 0.0384. The summed E-state index contributed by atoms with van der Waals surface area (Å²) < 4.78 is 5.18. The van der Waals surface area contributed by atoms with Gasteiger partial charge in [-0.05, 0) is 35.7 Å². The number of methoxy groups -OCH3 is 1. The van der Waals surface area contributed by atoms with E-state index in [1.807, 2.05) is 63.4 Å². The zero-order valence-electron chi connectivity index (χ0n) is 31.9. The van der Waals surface area contributed by atoms with E-state index in [1.54, 1.807) is 42.7 Å². The number of carboxylic acid groups (broad SMARTS) is 1. The Morgan fingerprint density at radius 2 is 1.77 bits per heavy atom. The molecule has 290 valence electrons. The number of aliphatic hydroxyl groups is 1. The summed E-state index contributed by atoms with van der Waals surface area (Å²) >= 11 is 1.48. The maximum Gasteiger partial charge on any atom is 0.405 e. The summed E-state index contributed by atoms with van der Waals surface area (Å²) in [5, 5.41) is 31.0. The van der Waals surface area contributed by atoms with Crippen LogP contribution >= 0.6 is 11.3 Å². The highest BCUT2D eigenvalue weighted by Gasteiger charge is 2.41. The molecule has 1 aliphatic rings. The van der Waals surface area contributed by atoms with Crippen LogP contribution < -0.4 is 16.1 Å². The average molecular weight is 746 g/mol. The molecule has 0 unspecified atom stereocenters. The number of hydrogen-bond acceptors (Lipinski definition) is 9. The largest absolute Gasteiger partial charge is 0.465 e. The van der Waals surface area contributed by atoms with Gasteiger partial charge >= 0.3 is 12.1 Å². The molecule has 52 heavy (non-hydrogen) atoms. The Morgan fingerprint density at radius 1 is 1.08 bits per heavy atom. The van der Waals surface area contributed by atoms with E-state index in [4.69, 9.17) is 4.74 Å². The predicted molar refractivity (Wildman–Crippen MR) is 200 cm³/mol. The Balaban J connectivity index is 1.84. The molecule has 5 amide bonds. The molecular formula is C37H59N7O7S. The van der Waals surface area contributed by atoms with Gasteiger partial charge in [0.2, 0.25) is 5.91 Å². The van der Waals surface area contributed by atoms with E-state index < -0.39 is 41.6 Å². The fourth-order valence-corrected chi connectivity index (χ4v) is 6.90. The predicted octanol–water partition coefficient (Wildman–Crippen LogP) is 4.09. The number of carbonyl (C=O) groups excluding carboxylic acids is 3. The fraction of sp³-hybridized carbons (Fsp3) is 0.649. The molecular weight excluding hydrogens is 687 g/mol. The second kappa shape index (κ2) is 19.9. The van der Waals surface area contributed by atoms with Gasteiger partial charge in [0.1, 0.15) is 17.1 Å². The maximum absolute atomic E-state index is 14.3. The van der Waals surface area contributed by atoms with Crippen molar-refractivity contribution in [2.24, 2.45) is 17.3 Å². The molecule has 5 N–H and O–H groups in total. The second-order valence-electron chi connectivity index (χ2n) is 15.1. The Morgan fingerprint density at radius 3 is 2.37 bits per heavy atom. The number of amides is 5. The molecule has 2 heterocycles. The Labute approximate surface area is 312 Å². The van der Waals surface area contributed by atoms with E-state index in [9.17, 15) is 29.4 Å². The first kappa shape index (κ1) is 42.6. The number of benzene rings is 1. The molecule has 0 spiro atoms. The van der Waals surface area contributed by atoms with Crippen molar-refractivity contribution in [2.45, 2.75) is 105 Å². The number of ether oxygens (including phenoxy) is 1. The van der Waals surface area contributed by atoms with Crippen molar-refractivity contribution in [1.82, 2.24) is 35.9 Å². The third-order valence-corrected chi connectivity index (χ3v) is 10.1. The molecule has 1 aromatic heterocycles. The van der Waals surface area contributed by atoms with Crippen LogP contribution in [0.1, 0.15) is 77.6 Å². The summed E-state index contributed by atoms with van der Waals surface area (Å²) in [6.45, 7) is 15.2. The molecule has 0 radical (unpaired) electrons. The summed E-state index contributed by atoms with van der Waals surface area (Å²) in [5.74, 6) is -0.805. The normalized spacial score (nSPS) is 16.5. The van der Waals surface area contributed by atoms with Gasteiger partial charge in [0, 0.05) is 38.7 Å². The summed E-state index contributed by atoms with van der Waals surface area (Å²) in [7, 11) is 1.61. The highest BCUT2D eigenvalue weighted by molar-refractivity contribution is 7.09. The monoisotopic (exact) mass is 745 g/mol. The van der Waals surface area contributed by atoms with Crippen molar-refractivity contribution in [3.8, 4) is 0 Å². The van der Waals surface area contributed by atoms with Gasteiger partial charge in [-0.25, -0.2) is 19.6 Å². The van der Waals surface area contributed by atoms with Crippen molar-refractivity contribution >= 4 is 35.3 Å². The molecule has 14 nitrogen and oxygen atoms in total. The number of rotatable bonds is 20. The summed E-state index contributed by atoms with van der Waals surface area (Å²) in [6, 6.07) is 6.64. The fourth-order valence-electron chi connectivity index (χ4n) is 6.14. The van der Waals surface area contributed by atoms with Crippen LogP contribution in [0.5, 0.6) is 0 Å². The number of hydrazine groups is 1. The van der Waals surface area contributed by atoms with E-state index in [1.165, 1.54) is 11.3 Å². The topological polar surface area (TPSA) is 177 Å². The van der Waals surface area contributed by atoms with Gasteiger partial charge in [-0.15, -0.1) is 11.3 Å². The molecule has 2 aromatic rings. The minimum atomic E-state index is -1.32.